The molecule has 11 rings (SSSR count). The van der Waals surface area contributed by atoms with Gasteiger partial charge in [-0.2, -0.15) is 5.10 Å². The van der Waals surface area contributed by atoms with Gasteiger partial charge in [0.2, 0.25) is 11.8 Å². The van der Waals surface area contributed by atoms with Gasteiger partial charge >= 0.3 is 5.97 Å². The lowest BCUT2D eigenvalue weighted by atomic mass is 9.84. The predicted octanol–water partition coefficient (Wildman–Crippen LogP) is 9.66. The number of benzene rings is 4. The highest BCUT2D eigenvalue weighted by Gasteiger charge is 2.34. The van der Waals surface area contributed by atoms with Crippen LogP contribution >= 0.6 is 11.3 Å². The second-order valence-corrected chi connectivity index (χ2v) is 21.3. The molecule has 0 bridgehead atoms. The highest BCUT2D eigenvalue weighted by atomic mass is 32.1. The molecule has 2 saturated heterocycles. The first-order valence-electron chi connectivity index (χ1n) is 26.0. The summed E-state index contributed by atoms with van der Waals surface area (Å²) in [5, 5.41) is 21.6. The number of carboxylic acid groups (broad SMARTS) is 1. The number of halogens is 1. The van der Waals surface area contributed by atoms with Crippen LogP contribution in [0.2, 0.25) is 0 Å². The van der Waals surface area contributed by atoms with Crippen LogP contribution in [0.1, 0.15) is 107 Å². The standard InChI is InChI=1S/C57H60FN9O6S/c1-34-38(39-21-24-48(60-52(39)56(71)72)67-28-26-36-10-7-12-40(43(36)33-67)54(69)62-57-59-44-13-3-4-15-47(44)74-57)11-8-14-46(34)73-37-18-16-35(17-19-37)9-5-6-27-65-29-31-66(32-30-65)45-23-20-41-51(63-64(2)53(41)50(45)58)42-22-25-49(68)61-55(42)70/h3-4,7-8,10-15,20-21,23-24,35,37,42H,5-6,9,16-19,22,25-33H2,1-2H3,(H,71,72)(H,59,62,69)(H,61,68,70)/t35-,37-,42?. The molecule has 3 N–H and O–H groups in total. The number of pyridine rings is 1. The molecular formula is C57H60FN9O6S. The zero-order valence-corrected chi connectivity index (χ0v) is 42.6. The van der Waals surface area contributed by atoms with Crippen LogP contribution in [0.4, 0.5) is 21.0 Å². The van der Waals surface area contributed by atoms with E-state index < -0.39 is 11.9 Å². The van der Waals surface area contributed by atoms with E-state index in [0.717, 1.165) is 109 Å². The summed E-state index contributed by atoms with van der Waals surface area (Å²) in [4.78, 5) is 66.8. The maximum atomic E-state index is 16.1. The molecule has 7 aromatic rings. The van der Waals surface area contributed by atoms with Gasteiger partial charge in [0, 0.05) is 69.3 Å². The fourth-order valence-electron chi connectivity index (χ4n) is 11.6. The Hall–Kier alpha value is -7.24. The van der Waals surface area contributed by atoms with Gasteiger partial charge in [-0.05, 0) is 135 Å². The van der Waals surface area contributed by atoms with Crippen LogP contribution in [0.25, 0.3) is 32.2 Å². The molecule has 1 saturated carbocycles. The van der Waals surface area contributed by atoms with E-state index in [9.17, 15) is 24.3 Å². The number of nitrogens with one attached hydrogen (secondary N) is 2. The number of carbonyl (C=O) groups is 4. The molecule has 17 heteroatoms. The quantitative estimate of drug-likeness (QED) is 0.0696. The van der Waals surface area contributed by atoms with Gasteiger partial charge in [-0.15, -0.1) is 0 Å². The number of para-hydroxylation sites is 1. The summed E-state index contributed by atoms with van der Waals surface area (Å²) in [6.07, 6.45) is 8.99. The zero-order valence-electron chi connectivity index (χ0n) is 41.7. The third-order valence-corrected chi connectivity index (χ3v) is 16.6. The van der Waals surface area contributed by atoms with E-state index >= 15 is 4.39 Å². The number of unbranched alkanes of at least 4 members (excludes halogenated alkanes) is 1. The monoisotopic (exact) mass is 1020 g/mol. The Labute approximate surface area is 432 Å². The fourth-order valence-corrected chi connectivity index (χ4v) is 12.5. The number of piperazine rings is 1. The molecule has 74 heavy (non-hydrogen) atoms. The van der Waals surface area contributed by atoms with E-state index in [-0.39, 0.29) is 41.8 Å². The largest absolute Gasteiger partial charge is 0.490 e. The van der Waals surface area contributed by atoms with Crippen LogP contribution in [0, 0.1) is 18.7 Å². The number of aryl methyl sites for hydroxylation is 1. The molecule has 3 aliphatic heterocycles. The van der Waals surface area contributed by atoms with Gasteiger partial charge in [0.1, 0.15) is 17.1 Å². The number of piperidine rings is 1. The molecule has 382 valence electrons. The van der Waals surface area contributed by atoms with Crippen molar-refractivity contribution in [3.8, 4) is 16.9 Å². The van der Waals surface area contributed by atoms with Gasteiger partial charge < -0.3 is 19.6 Å². The van der Waals surface area contributed by atoms with E-state index in [1.165, 1.54) is 22.4 Å². The summed E-state index contributed by atoms with van der Waals surface area (Å²) < 4.78 is 25.3. The van der Waals surface area contributed by atoms with Crippen LogP contribution < -0.4 is 25.2 Å². The summed E-state index contributed by atoms with van der Waals surface area (Å²) in [5.74, 6) is -0.961. The topological polar surface area (TPSA) is 175 Å². The van der Waals surface area contributed by atoms with E-state index in [0.29, 0.717) is 76.2 Å². The number of carbonyl (C=O) groups excluding carboxylic acids is 3. The first-order valence-corrected chi connectivity index (χ1v) is 26.8. The van der Waals surface area contributed by atoms with Gasteiger partial charge in [0.25, 0.3) is 5.91 Å². The van der Waals surface area contributed by atoms with E-state index in [2.05, 4.69) is 30.5 Å². The van der Waals surface area contributed by atoms with Crippen LogP contribution in [-0.4, -0.2) is 98.8 Å². The van der Waals surface area contributed by atoms with Gasteiger partial charge in [0.05, 0.1) is 33.6 Å². The number of thiazole rings is 1. The Morgan fingerprint density at radius 2 is 1.66 bits per heavy atom. The SMILES string of the molecule is Cc1c(O[C@H]2CC[C@H](CCCCN3CCN(c4ccc5c(C6CCC(=O)NC6=O)nn(C)c5c4F)CC3)CC2)cccc1-c1ccc(N2CCc3cccc(C(=O)Nc4nc5ccccc5s4)c3C2)nc1C(=O)O. The summed E-state index contributed by atoms with van der Waals surface area (Å²) >= 11 is 1.43. The fraction of sp³-hybridized carbons (Fsp3) is 0.386. The number of aromatic nitrogens is 4. The molecule has 4 aliphatic rings. The molecule has 1 unspecified atom stereocenters. The van der Waals surface area contributed by atoms with Crippen molar-refractivity contribution in [2.24, 2.45) is 13.0 Å². The smallest absolute Gasteiger partial charge is 0.355 e. The average molecular weight is 1020 g/mol. The number of aromatic carboxylic acids is 1. The summed E-state index contributed by atoms with van der Waals surface area (Å²) in [6, 6.07) is 26.8. The third-order valence-electron chi connectivity index (χ3n) is 15.7. The van der Waals surface area contributed by atoms with E-state index in [1.807, 2.05) is 90.7 Å². The number of nitrogens with zero attached hydrogens (tertiary/aromatic N) is 7. The van der Waals surface area contributed by atoms with Crippen molar-refractivity contribution in [1.82, 2.24) is 30.0 Å². The molecule has 0 radical (unpaired) electrons. The van der Waals surface area contributed by atoms with Crippen LogP contribution in [-0.2, 0) is 29.6 Å². The average Bonchev–Trinajstić information content (AvgIpc) is 3.98. The molecule has 6 heterocycles. The minimum absolute atomic E-state index is 0.0304. The minimum atomic E-state index is -1.11. The Morgan fingerprint density at radius 1 is 0.851 bits per heavy atom. The normalized spacial score (nSPS) is 19.4. The zero-order chi connectivity index (χ0) is 51.0. The summed E-state index contributed by atoms with van der Waals surface area (Å²) in [7, 11) is 1.70. The molecule has 1 atom stereocenters. The molecule has 3 amide bonds. The number of anilines is 3. The Balaban J connectivity index is 0.652. The summed E-state index contributed by atoms with van der Waals surface area (Å²) in [5.41, 5.74) is 6.96. The van der Waals surface area contributed by atoms with Crippen LogP contribution in [0.3, 0.4) is 0 Å². The molecule has 1 aliphatic carbocycles. The molecule has 0 spiro atoms. The van der Waals surface area contributed by atoms with Crippen molar-refractivity contribution in [2.75, 3.05) is 54.4 Å². The van der Waals surface area contributed by atoms with Crippen molar-refractivity contribution in [3.63, 3.8) is 0 Å². The number of amides is 3. The number of carboxylic acids is 1. The highest BCUT2D eigenvalue weighted by Crippen LogP contribution is 2.39. The van der Waals surface area contributed by atoms with Crippen molar-refractivity contribution in [2.45, 2.75) is 89.7 Å². The lowest BCUT2D eigenvalue weighted by molar-refractivity contribution is -0.134. The molecule has 15 nitrogen and oxygen atoms in total. The maximum Gasteiger partial charge on any atom is 0.355 e. The van der Waals surface area contributed by atoms with Gasteiger partial charge in [0.15, 0.2) is 16.6 Å². The number of hydrogen-bond donors (Lipinski definition) is 3. The Morgan fingerprint density at radius 3 is 2.46 bits per heavy atom. The Bertz CT molecular complexity index is 3270. The number of fused-ring (bicyclic) bond motifs is 3. The summed E-state index contributed by atoms with van der Waals surface area (Å²) in [6.45, 7) is 7.21. The third kappa shape index (κ3) is 9.94. The van der Waals surface area contributed by atoms with E-state index in [4.69, 9.17) is 9.72 Å². The number of rotatable bonds is 14. The molecule has 4 aromatic carbocycles. The first kappa shape index (κ1) is 49.0. The van der Waals surface area contributed by atoms with Gasteiger partial charge in [-0.25, -0.2) is 19.2 Å². The molecule has 3 fully saturated rings. The van der Waals surface area contributed by atoms with Crippen molar-refractivity contribution in [1.29, 1.82) is 0 Å². The van der Waals surface area contributed by atoms with Crippen LogP contribution in [0.15, 0.2) is 84.9 Å². The lowest BCUT2D eigenvalue weighted by Gasteiger charge is -2.36. The van der Waals surface area contributed by atoms with Crippen molar-refractivity contribution >= 4 is 72.8 Å². The van der Waals surface area contributed by atoms with Gasteiger partial charge in [-0.3, -0.25) is 34.6 Å². The molecular weight excluding hydrogens is 958 g/mol. The number of imide groups is 1. The van der Waals surface area contributed by atoms with Crippen molar-refractivity contribution < 1.29 is 33.4 Å². The minimum Gasteiger partial charge on any atom is -0.490 e. The number of ether oxygens (including phenoxy) is 1. The second kappa shape index (κ2) is 20.9. The van der Waals surface area contributed by atoms with Crippen molar-refractivity contribution in [3.05, 3.63) is 124 Å². The van der Waals surface area contributed by atoms with E-state index in [1.54, 1.807) is 13.1 Å². The lowest BCUT2D eigenvalue weighted by Crippen LogP contribution is -2.47. The maximum absolute atomic E-state index is 16.1. The van der Waals surface area contributed by atoms with Gasteiger partial charge in [-0.1, -0.05) is 60.6 Å². The van der Waals surface area contributed by atoms with Crippen LogP contribution in [0.5, 0.6) is 5.75 Å². The number of hydrogen-bond acceptors (Lipinski definition) is 12. The predicted molar refractivity (Wildman–Crippen MR) is 285 cm³/mol. The second-order valence-electron chi connectivity index (χ2n) is 20.2. The highest BCUT2D eigenvalue weighted by molar-refractivity contribution is 7.22. The molecule has 3 aromatic heterocycles. The Kier molecular flexibility index (Phi) is 13.9. The first-order chi connectivity index (χ1) is 35.9.